The van der Waals surface area contributed by atoms with Crippen molar-refractivity contribution in [3.63, 3.8) is 0 Å². The van der Waals surface area contributed by atoms with Crippen molar-refractivity contribution in [3.05, 3.63) is 89.4 Å². The predicted molar refractivity (Wildman–Crippen MR) is 131 cm³/mol. The van der Waals surface area contributed by atoms with E-state index in [4.69, 9.17) is 9.15 Å². The van der Waals surface area contributed by atoms with Gasteiger partial charge in [-0.25, -0.2) is 4.79 Å². The van der Waals surface area contributed by atoms with Gasteiger partial charge in [0.15, 0.2) is 0 Å². The molecule has 3 aromatic rings. The van der Waals surface area contributed by atoms with Gasteiger partial charge in [0.25, 0.3) is 5.91 Å². The molecule has 4 rings (SSSR count). The number of carbonyl (C=O) groups is 3. The van der Waals surface area contributed by atoms with Crippen LogP contribution in [0.5, 0.6) is 0 Å². The highest BCUT2D eigenvalue weighted by Gasteiger charge is 2.24. The molecule has 0 radical (unpaired) electrons. The first-order valence-corrected chi connectivity index (χ1v) is 11.7. The van der Waals surface area contributed by atoms with Crippen molar-refractivity contribution in [2.45, 2.75) is 38.9 Å². The van der Waals surface area contributed by atoms with Crippen LogP contribution in [0.3, 0.4) is 0 Å². The summed E-state index contributed by atoms with van der Waals surface area (Å²) in [6, 6.07) is 18.1. The van der Waals surface area contributed by atoms with Crippen molar-refractivity contribution >= 4 is 23.5 Å². The number of anilines is 1. The monoisotopic (exact) mass is 475 g/mol. The van der Waals surface area contributed by atoms with Crippen molar-refractivity contribution in [1.29, 1.82) is 0 Å². The summed E-state index contributed by atoms with van der Waals surface area (Å²) >= 11 is 0. The van der Waals surface area contributed by atoms with Crippen molar-refractivity contribution in [3.8, 4) is 0 Å². The van der Waals surface area contributed by atoms with E-state index in [1.165, 1.54) is 0 Å². The summed E-state index contributed by atoms with van der Waals surface area (Å²) in [6.07, 6.45) is 3.67. The van der Waals surface area contributed by atoms with Gasteiger partial charge in [-0.05, 0) is 61.7 Å². The minimum atomic E-state index is -0.485. The first-order valence-electron chi connectivity index (χ1n) is 11.7. The molecule has 0 atom stereocenters. The van der Waals surface area contributed by atoms with Gasteiger partial charge >= 0.3 is 5.97 Å². The molecule has 0 spiro atoms. The molecule has 0 aliphatic heterocycles. The van der Waals surface area contributed by atoms with Crippen LogP contribution in [0, 0.1) is 0 Å². The Kier molecular flexibility index (Phi) is 7.95. The van der Waals surface area contributed by atoms with Crippen molar-refractivity contribution in [1.82, 2.24) is 10.2 Å². The molecule has 35 heavy (non-hydrogen) atoms. The number of carbonyl (C=O) groups excluding carboxylic acids is 3. The van der Waals surface area contributed by atoms with Crippen LogP contribution in [0.2, 0.25) is 0 Å². The maximum Gasteiger partial charge on any atom is 0.340 e. The van der Waals surface area contributed by atoms with Gasteiger partial charge in [-0.3, -0.25) is 14.5 Å². The normalized spacial score (nSPS) is 12.9. The second kappa shape index (κ2) is 11.5. The number of hydrogen-bond donors (Lipinski definition) is 2. The third kappa shape index (κ3) is 7.04. The molecule has 2 aromatic carbocycles. The van der Waals surface area contributed by atoms with Gasteiger partial charge in [-0.15, -0.1) is 0 Å². The minimum Gasteiger partial charge on any atom is -0.468 e. The number of para-hydroxylation sites is 1. The highest BCUT2D eigenvalue weighted by Crippen LogP contribution is 2.20. The molecule has 1 aliphatic rings. The first kappa shape index (κ1) is 24.2. The average molecular weight is 476 g/mol. The van der Waals surface area contributed by atoms with Crippen molar-refractivity contribution in [2.75, 3.05) is 18.5 Å². The summed E-state index contributed by atoms with van der Waals surface area (Å²) < 4.78 is 10.6. The number of nitrogens with zero attached hydrogens (tertiary/aromatic N) is 1. The summed E-state index contributed by atoms with van der Waals surface area (Å²) in [4.78, 5) is 39.4. The Bertz CT molecular complexity index is 1150. The molecular formula is C27H29N3O5. The van der Waals surface area contributed by atoms with E-state index in [2.05, 4.69) is 10.6 Å². The third-order valence-corrected chi connectivity index (χ3v) is 5.56. The fourth-order valence-electron chi connectivity index (χ4n) is 3.68. The average Bonchev–Trinajstić information content (AvgIpc) is 3.51. The lowest BCUT2D eigenvalue weighted by Gasteiger charge is -2.21. The lowest BCUT2D eigenvalue weighted by Crippen LogP contribution is -2.33. The van der Waals surface area contributed by atoms with E-state index in [9.17, 15) is 14.4 Å². The molecule has 182 valence electrons. The molecule has 0 saturated heterocycles. The highest BCUT2D eigenvalue weighted by molar-refractivity contribution is 6.01. The van der Waals surface area contributed by atoms with Gasteiger partial charge < -0.3 is 19.8 Å². The predicted octanol–water partition coefficient (Wildman–Crippen LogP) is 3.99. The standard InChI is InChI=1S/C27H29N3O5/c1-2-34-27(33)23-7-3-4-8-24(23)29-25(31)18-30(17-22-6-5-15-35-22)16-19-9-11-20(12-10-19)26(32)28-21-13-14-21/h3-12,15,21H,2,13-14,16-18H2,1H3,(H,28,32)(H,29,31). The summed E-state index contributed by atoms with van der Waals surface area (Å²) in [5.74, 6) is -0.0910. The Balaban J connectivity index is 1.43. The molecule has 2 N–H and O–H groups in total. The lowest BCUT2D eigenvalue weighted by molar-refractivity contribution is -0.117. The van der Waals surface area contributed by atoms with Gasteiger partial charge in [0.2, 0.25) is 5.91 Å². The molecular weight excluding hydrogens is 446 g/mol. The smallest absolute Gasteiger partial charge is 0.340 e. The van der Waals surface area contributed by atoms with Crippen molar-refractivity contribution in [2.24, 2.45) is 0 Å². The van der Waals surface area contributed by atoms with E-state index in [0.717, 1.165) is 24.2 Å². The fraction of sp³-hybridized carbons (Fsp3) is 0.296. The van der Waals surface area contributed by atoms with E-state index in [1.807, 2.05) is 23.1 Å². The second-order valence-corrected chi connectivity index (χ2v) is 8.48. The maximum atomic E-state index is 12.9. The Hall–Kier alpha value is -3.91. The first-order chi connectivity index (χ1) is 17.0. The molecule has 0 unspecified atom stereocenters. The molecule has 1 aromatic heterocycles. The van der Waals surface area contributed by atoms with E-state index in [0.29, 0.717) is 35.9 Å². The summed E-state index contributed by atoms with van der Waals surface area (Å²) in [5.41, 5.74) is 2.28. The Morgan fingerprint density at radius 2 is 1.77 bits per heavy atom. The Morgan fingerprint density at radius 3 is 2.46 bits per heavy atom. The number of nitrogens with one attached hydrogen (secondary N) is 2. The lowest BCUT2D eigenvalue weighted by atomic mass is 10.1. The van der Waals surface area contributed by atoms with Gasteiger partial charge in [0, 0.05) is 18.2 Å². The minimum absolute atomic E-state index is 0.0638. The van der Waals surface area contributed by atoms with E-state index in [1.54, 1.807) is 55.7 Å². The quantitative estimate of drug-likeness (QED) is 0.407. The van der Waals surface area contributed by atoms with E-state index < -0.39 is 5.97 Å². The zero-order valence-corrected chi connectivity index (χ0v) is 19.7. The van der Waals surface area contributed by atoms with E-state index >= 15 is 0 Å². The van der Waals surface area contributed by atoms with Crippen LogP contribution in [0.25, 0.3) is 0 Å². The van der Waals surface area contributed by atoms with Gasteiger partial charge in [-0.1, -0.05) is 24.3 Å². The van der Waals surface area contributed by atoms with Crippen LogP contribution >= 0.6 is 0 Å². The van der Waals surface area contributed by atoms with Crippen LogP contribution in [-0.4, -0.2) is 41.9 Å². The number of ether oxygens (including phenoxy) is 1. The molecule has 8 heteroatoms. The third-order valence-electron chi connectivity index (χ3n) is 5.56. The molecule has 0 bridgehead atoms. The number of hydrogen-bond acceptors (Lipinski definition) is 6. The highest BCUT2D eigenvalue weighted by atomic mass is 16.5. The zero-order valence-electron chi connectivity index (χ0n) is 19.7. The molecule has 2 amide bonds. The van der Waals surface area contributed by atoms with Gasteiger partial charge in [-0.2, -0.15) is 0 Å². The Morgan fingerprint density at radius 1 is 1.00 bits per heavy atom. The van der Waals surface area contributed by atoms with Crippen LogP contribution in [-0.2, 0) is 22.6 Å². The molecule has 1 saturated carbocycles. The second-order valence-electron chi connectivity index (χ2n) is 8.48. The number of benzene rings is 2. The van der Waals surface area contributed by atoms with Crippen LogP contribution in [0.4, 0.5) is 5.69 Å². The fourth-order valence-corrected chi connectivity index (χ4v) is 3.68. The molecule has 8 nitrogen and oxygen atoms in total. The van der Waals surface area contributed by atoms with Crippen LogP contribution in [0.15, 0.2) is 71.3 Å². The molecule has 1 heterocycles. The summed E-state index contributed by atoms with van der Waals surface area (Å²) in [5, 5.41) is 5.81. The topological polar surface area (TPSA) is 101 Å². The largest absolute Gasteiger partial charge is 0.468 e. The number of amides is 2. The summed E-state index contributed by atoms with van der Waals surface area (Å²) in [7, 11) is 0. The van der Waals surface area contributed by atoms with E-state index in [-0.39, 0.29) is 25.0 Å². The maximum absolute atomic E-state index is 12.9. The van der Waals surface area contributed by atoms with Gasteiger partial charge in [0.05, 0.1) is 37.2 Å². The number of furan rings is 1. The number of esters is 1. The van der Waals surface area contributed by atoms with Gasteiger partial charge in [0.1, 0.15) is 5.76 Å². The summed E-state index contributed by atoms with van der Waals surface area (Å²) in [6.45, 7) is 2.94. The van der Waals surface area contributed by atoms with Crippen molar-refractivity contribution < 1.29 is 23.5 Å². The zero-order chi connectivity index (χ0) is 24.6. The Labute approximate surface area is 204 Å². The molecule has 1 fully saturated rings. The van der Waals surface area contributed by atoms with Crippen LogP contribution < -0.4 is 10.6 Å². The number of rotatable bonds is 11. The SMILES string of the molecule is CCOC(=O)c1ccccc1NC(=O)CN(Cc1ccc(C(=O)NC2CC2)cc1)Cc1ccco1. The molecule has 1 aliphatic carbocycles. The van der Waals surface area contributed by atoms with Crippen LogP contribution in [0.1, 0.15) is 51.8 Å².